The first-order valence-electron chi connectivity index (χ1n) is 5.64. The molecule has 2 heterocycles. The predicted molar refractivity (Wildman–Crippen MR) is 63.1 cm³/mol. The lowest BCUT2D eigenvalue weighted by Crippen LogP contribution is -2.08. The van der Waals surface area contributed by atoms with Gasteiger partial charge in [-0.3, -0.25) is 9.97 Å². The Hall–Kier alpha value is -1.97. The van der Waals surface area contributed by atoms with Gasteiger partial charge in [-0.25, -0.2) is 4.39 Å². The minimum atomic E-state index is -0.325. The molecule has 3 nitrogen and oxygen atoms in total. The smallest absolute Gasteiger partial charge is 0.143 e. The summed E-state index contributed by atoms with van der Waals surface area (Å²) in [6, 6.07) is 5.65. The second-order valence-electron chi connectivity index (χ2n) is 4.18. The maximum atomic E-state index is 13.0. The van der Waals surface area contributed by atoms with Gasteiger partial charge in [0.1, 0.15) is 5.82 Å². The Morgan fingerprint density at radius 2 is 2.29 bits per heavy atom. The SMILES string of the molecule is Fc1cncc(NC2CCc3cccnc32)c1. The number of nitrogens with one attached hydrogen (secondary N) is 1. The predicted octanol–water partition coefficient (Wildman–Crippen LogP) is 2.72. The summed E-state index contributed by atoms with van der Waals surface area (Å²) in [4.78, 5) is 8.21. The monoisotopic (exact) mass is 229 g/mol. The van der Waals surface area contributed by atoms with E-state index in [-0.39, 0.29) is 11.9 Å². The van der Waals surface area contributed by atoms with E-state index in [1.54, 1.807) is 12.4 Å². The van der Waals surface area contributed by atoms with Gasteiger partial charge in [0.05, 0.1) is 29.8 Å². The Bertz CT molecular complexity index is 542. The van der Waals surface area contributed by atoms with Crippen molar-refractivity contribution in [3.8, 4) is 0 Å². The number of anilines is 1. The highest BCUT2D eigenvalue weighted by Crippen LogP contribution is 2.31. The molecule has 0 saturated heterocycles. The van der Waals surface area contributed by atoms with Crippen LogP contribution in [0.3, 0.4) is 0 Å². The van der Waals surface area contributed by atoms with Crippen molar-refractivity contribution in [3.05, 3.63) is 53.9 Å². The van der Waals surface area contributed by atoms with E-state index in [9.17, 15) is 4.39 Å². The molecule has 0 bridgehead atoms. The molecule has 0 radical (unpaired) electrons. The van der Waals surface area contributed by atoms with Gasteiger partial charge in [0.15, 0.2) is 0 Å². The lowest BCUT2D eigenvalue weighted by atomic mass is 10.2. The van der Waals surface area contributed by atoms with Crippen molar-refractivity contribution in [3.63, 3.8) is 0 Å². The summed E-state index contributed by atoms with van der Waals surface area (Å²) in [6.45, 7) is 0. The van der Waals surface area contributed by atoms with Crippen LogP contribution in [0.25, 0.3) is 0 Å². The molecule has 0 aromatic carbocycles. The van der Waals surface area contributed by atoms with Crippen LogP contribution >= 0.6 is 0 Å². The molecular weight excluding hydrogens is 217 g/mol. The molecule has 0 aliphatic heterocycles. The summed E-state index contributed by atoms with van der Waals surface area (Å²) >= 11 is 0. The van der Waals surface area contributed by atoms with Crippen molar-refractivity contribution in [2.75, 3.05) is 5.32 Å². The average Bonchev–Trinajstić information content (AvgIpc) is 2.73. The molecule has 4 heteroatoms. The van der Waals surface area contributed by atoms with Gasteiger partial charge < -0.3 is 5.32 Å². The number of hydrogen-bond donors (Lipinski definition) is 1. The second kappa shape index (κ2) is 4.13. The molecule has 1 N–H and O–H groups in total. The summed E-state index contributed by atoms with van der Waals surface area (Å²) in [5.74, 6) is -0.325. The minimum Gasteiger partial charge on any atom is -0.375 e. The number of fused-ring (bicyclic) bond motifs is 1. The molecule has 1 aliphatic carbocycles. The molecule has 1 unspecified atom stereocenters. The van der Waals surface area contributed by atoms with Gasteiger partial charge in [-0.05, 0) is 24.5 Å². The Morgan fingerprint density at radius 3 is 3.18 bits per heavy atom. The first-order chi connectivity index (χ1) is 8.33. The molecular formula is C13H12FN3. The molecule has 3 rings (SSSR count). The summed E-state index contributed by atoms with van der Waals surface area (Å²) in [6.07, 6.45) is 6.63. The maximum Gasteiger partial charge on any atom is 0.143 e. The summed E-state index contributed by atoms with van der Waals surface area (Å²) in [7, 11) is 0. The van der Waals surface area contributed by atoms with Crippen LogP contribution < -0.4 is 5.32 Å². The molecule has 86 valence electrons. The van der Waals surface area contributed by atoms with Crippen molar-refractivity contribution >= 4 is 5.69 Å². The number of aryl methyl sites for hydroxylation is 1. The van der Waals surface area contributed by atoms with Gasteiger partial charge in [0, 0.05) is 12.3 Å². The van der Waals surface area contributed by atoms with Gasteiger partial charge in [-0.2, -0.15) is 0 Å². The van der Waals surface area contributed by atoms with Crippen molar-refractivity contribution < 1.29 is 4.39 Å². The quantitative estimate of drug-likeness (QED) is 0.860. The summed E-state index contributed by atoms with van der Waals surface area (Å²) in [5.41, 5.74) is 3.04. The van der Waals surface area contributed by atoms with E-state index in [0.717, 1.165) is 18.5 Å². The Balaban J connectivity index is 1.84. The van der Waals surface area contributed by atoms with Crippen LogP contribution in [0.4, 0.5) is 10.1 Å². The van der Waals surface area contributed by atoms with E-state index >= 15 is 0 Å². The van der Waals surface area contributed by atoms with E-state index in [0.29, 0.717) is 5.69 Å². The molecule has 0 spiro atoms. The van der Waals surface area contributed by atoms with Crippen LogP contribution in [-0.4, -0.2) is 9.97 Å². The van der Waals surface area contributed by atoms with Gasteiger partial charge in [0.25, 0.3) is 0 Å². The fourth-order valence-corrected chi connectivity index (χ4v) is 2.25. The third-order valence-corrected chi connectivity index (χ3v) is 3.00. The first kappa shape index (κ1) is 10.2. The molecule has 1 aliphatic rings. The van der Waals surface area contributed by atoms with E-state index in [1.807, 2.05) is 6.07 Å². The molecule has 2 aromatic heterocycles. The van der Waals surface area contributed by atoms with Crippen LogP contribution in [0.5, 0.6) is 0 Å². The Labute approximate surface area is 98.7 Å². The third kappa shape index (κ3) is 1.98. The van der Waals surface area contributed by atoms with Gasteiger partial charge in [-0.1, -0.05) is 6.07 Å². The number of rotatable bonds is 2. The van der Waals surface area contributed by atoms with E-state index in [2.05, 4.69) is 21.4 Å². The van der Waals surface area contributed by atoms with Crippen molar-refractivity contribution in [1.82, 2.24) is 9.97 Å². The molecule has 0 amide bonds. The average molecular weight is 229 g/mol. The number of nitrogens with zero attached hydrogens (tertiary/aromatic N) is 2. The van der Waals surface area contributed by atoms with E-state index in [1.165, 1.54) is 17.8 Å². The standard InChI is InChI=1S/C13H12FN3/c14-10-6-11(8-15-7-10)17-12-4-3-9-2-1-5-16-13(9)12/h1-2,5-8,12,17H,3-4H2. The van der Waals surface area contributed by atoms with Crippen LogP contribution in [0.1, 0.15) is 23.7 Å². The van der Waals surface area contributed by atoms with Crippen LogP contribution in [0, 0.1) is 5.82 Å². The maximum absolute atomic E-state index is 13.0. The van der Waals surface area contributed by atoms with E-state index in [4.69, 9.17) is 0 Å². The molecule has 1 atom stereocenters. The second-order valence-corrected chi connectivity index (χ2v) is 4.18. The third-order valence-electron chi connectivity index (χ3n) is 3.00. The first-order valence-corrected chi connectivity index (χ1v) is 5.64. The lowest BCUT2D eigenvalue weighted by molar-refractivity contribution is 0.621. The summed E-state index contributed by atoms with van der Waals surface area (Å²) < 4.78 is 13.0. The highest BCUT2D eigenvalue weighted by atomic mass is 19.1. The fourth-order valence-electron chi connectivity index (χ4n) is 2.25. The van der Waals surface area contributed by atoms with Gasteiger partial charge >= 0.3 is 0 Å². The molecule has 2 aromatic rings. The number of aromatic nitrogens is 2. The summed E-state index contributed by atoms with van der Waals surface area (Å²) in [5, 5.41) is 3.27. The Kier molecular flexibility index (Phi) is 2.48. The van der Waals surface area contributed by atoms with Gasteiger partial charge in [-0.15, -0.1) is 0 Å². The van der Waals surface area contributed by atoms with Crippen LogP contribution in [0.15, 0.2) is 36.8 Å². The highest BCUT2D eigenvalue weighted by Gasteiger charge is 2.23. The highest BCUT2D eigenvalue weighted by molar-refractivity contribution is 5.44. The van der Waals surface area contributed by atoms with Crippen molar-refractivity contribution in [1.29, 1.82) is 0 Å². The zero-order chi connectivity index (χ0) is 11.7. The number of pyridine rings is 2. The van der Waals surface area contributed by atoms with Crippen molar-refractivity contribution in [2.24, 2.45) is 0 Å². The number of halogens is 1. The number of hydrogen-bond acceptors (Lipinski definition) is 3. The Morgan fingerprint density at radius 1 is 1.35 bits per heavy atom. The van der Waals surface area contributed by atoms with Crippen molar-refractivity contribution in [2.45, 2.75) is 18.9 Å². The van der Waals surface area contributed by atoms with Crippen LogP contribution in [-0.2, 0) is 6.42 Å². The topological polar surface area (TPSA) is 37.8 Å². The fraction of sp³-hybridized carbons (Fsp3) is 0.231. The molecule has 17 heavy (non-hydrogen) atoms. The normalized spacial score (nSPS) is 17.8. The minimum absolute atomic E-state index is 0.162. The lowest BCUT2D eigenvalue weighted by Gasteiger charge is -2.14. The zero-order valence-electron chi connectivity index (χ0n) is 9.23. The van der Waals surface area contributed by atoms with Crippen LogP contribution in [0.2, 0.25) is 0 Å². The van der Waals surface area contributed by atoms with E-state index < -0.39 is 0 Å². The molecule has 0 fully saturated rings. The largest absolute Gasteiger partial charge is 0.375 e. The molecule has 0 saturated carbocycles. The zero-order valence-corrected chi connectivity index (χ0v) is 9.23. The van der Waals surface area contributed by atoms with Gasteiger partial charge in [0.2, 0.25) is 0 Å².